The first-order valence-corrected chi connectivity index (χ1v) is 4.26. The quantitative estimate of drug-likeness (QED) is 0.510. The summed E-state index contributed by atoms with van der Waals surface area (Å²) in [6.45, 7) is 3.01. The largest absolute Gasteiger partial charge is 0.383 e. The van der Waals surface area contributed by atoms with Crippen molar-refractivity contribution in [2.24, 2.45) is 5.73 Å². The molecule has 7 heteroatoms. The SMILES string of the molecule is CC(C)(NC(=O)c1cn[nH]c1N)C(N)=O. The van der Waals surface area contributed by atoms with E-state index in [1.165, 1.54) is 20.0 Å². The van der Waals surface area contributed by atoms with Crippen molar-refractivity contribution < 1.29 is 9.59 Å². The van der Waals surface area contributed by atoms with Crippen LogP contribution in [0.1, 0.15) is 24.2 Å². The lowest BCUT2D eigenvalue weighted by Gasteiger charge is -2.21. The van der Waals surface area contributed by atoms with Gasteiger partial charge in [0.25, 0.3) is 5.91 Å². The third-order valence-electron chi connectivity index (χ3n) is 1.96. The van der Waals surface area contributed by atoms with Gasteiger partial charge in [-0.25, -0.2) is 0 Å². The molecule has 0 saturated carbocycles. The maximum absolute atomic E-state index is 11.6. The van der Waals surface area contributed by atoms with Gasteiger partial charge in [-0.1, -0.05) is 0 Å². The van der Waals surface area contributed by atoms with Crippen LogP contribution in [-0.4, -0.2) is 27.6 Å². The number of aromatic amines is 1. The van der Waals surface area contributed by atoms with Crippen LogP contribution in [0.3, 0.4) is 0 Å². The fourth-order valence-corrected chi connectivity index (χ4v) is 0.890. The summed E-state index contributed by atoms with van der Waals surface area (Å²) in [5.41, 5.74) is 9.60. The van der Waals surface area contributed by atoms with Crippen LogP contribution in [-0.2, 0) is 4.79 Å². The number of nitrogen functional groups attached to an aromatic ring is 1. The van der Waals surface area contributed by atoms with Gasteiger partial charge in [-0.15, -0.1) is 0 Å². The number of amides is 2. The van der Waals surface area contributed by atoms with E-state index < -0.39 is 17.4 Å². The van der Waals surface area contributed by atoms with Crippen LogP contribution >= 0.6 is 0 Å². The highest BCUT2D eigenvalue weighted by atomic mass is 16.2. The van der Waals surface area contributed by atoms with Gasteiger partial charge in [0.2, 0.25) is 5.91 Å². The van der Waals surface area contributed by atoms with E-state index >= 15 is 0 Å². The van der Waals surface area contributed by atoms with Gasteiger partial charge in [0.15, 0.2) is 0 Å². The number of nitrogens with two attached hydrogens (primary N) is 2. The molecule has 0 unspecified atom stereocenters. The zero-order valence-electron chi connectivity index (χ0n) is 8.50. The van der Waals surface area contributed by atoms with E-state index in [0.29, 0.717) is 0 Å². The van der Waals surface area contributed by atoms with Gasteiger partial charge in [-0.05, 0) is 13.8 Å². The van der Waals surface area contributed by atoms with Gasteiger partial charge in [-0.3, -0.25) is 14.7 Å². The van der Waals surface area contributed by atoms with Gasteiger partial charge in [0, 0.05) is 0 Å². The average Bonchev–Trinajstić information content (AvgIpc) is 2.50. The molecule has 1 aromatic rings. The molecule has 0 saturated heterocycles. The van der Waals surface area contributed by atoms with Gasteiger partial charge >= 0.3 is 0 Å². The molecule has 2 amide bonds. The molecule has 1 rings (SSSR count). The fraction of sp³-hybridized carbons (Fsp3) is 0.375. The molecule has 0 radical (unpaired) electrons. The Hall–Kier alpha value is -2.05. The Morgan fingerprint density at radius 3 is 2.53 bits per heavy atom. The monoisotopic (exact) mass is 211 g/mol. The Labute approximate surface area is 86.2 Å². The Morgan fingerprint density at radius 2 is 2.13 bits per heavy atom. The number of hydrogen-bond donors (Lipinski definition) is 4. The van der Waals surface area contributed by atoms with Crippen LogP contribution in [0, 0.1) is 0 Å². The maximum atomic E-state index is 11.6. The lowest BCUT2D eigenvalue weighted by molar-refractivity contribution is -0.122. The summed E-state index contributed by atoms with van der Waals surface area (Å²) >= 11 is 0. The number of primary amides is 1. The summed E-state index contributed by atoms with van der Waals surface area (Å²) in [7, 11) is 0. The molecule has 7 nitrogen and oxygen atoms in total. The lowest BCUT2D eigenvalue weighted by atomic mass is 10.0. The molecule has 1 aromatic heterocycles. The topological polar surface area (TPSA) is 127 Å². The van der Waals surface area contributed by atoms with Crippen LogP contribution in [0.25, 0.3) is 0 Å². The number of anilines is 1. The van der Waals surface area contributed by atoms with Crippen LogP contribution in [0.15, 0.2) is 6.20 Å². The summed E-state index contributed by atoms with van der Waals surface area (Å²) < 4.78 is 0. The zero-order chi connectivity index (χ0) is 11.6. The number of aromatic nitrogens is 2. The van der Waals surface area contributed by atoms with E-state index in [9.17, 15) is 9.59 Å². The second-order valence-electron chi connectivity index (χ2n) is 3.64. The standard InChI is InChI=1S/C8H13N5O2/c1-8(2,7(10)15)12-6(14)4-3-11-13-5(4)9/h3H,1-2H3,(H2,10,15)(H,12,14)(H3,9,11,13). The van der Waals surface area contributed by atoms with E-state index in [-0.39, 0.29) is 11.4 Å². The number of nitrogens with one attached hydrogen (secondary N) is 2. The van der Waals surface area contributed by atoms with E-state index in [0.717, 1.165) is 0 Å². The normalized spacial score (nSPS) is 11.1. The minimum Gasteiger partial charge on any atom is -0.383 e. The van der Waals surface area contributed by atoms with Crippen molar-refractivity contribution in [3.63, 3.8) is 0 Å². The van der Waals surface area contributed by atoms with Gasteiger partial charge in [-0.2, -0.15) is 5.10 Å². The van der Waals surface area contributed by atoms with Crippen molar-refractivity contribution >= 4 is 17.6 Å². The number of H-pyrrole nitrogens is 1. The Bertz CT molecular complexity index is 395. The predicted molar refractivity (Wildman–Crippen MR) is 53.7 cm³/mol. The maximum Gasteiger partial charge on any atom is 0.257 e. The third kappa shape index (κ3) is 2.25. The van der Waals surface area contributed by atoms with Crippen LogP contribution < -0.4 is 16.8 Å². The molecular formula is C8H13N5O2. The molecule has 1 heterocycles. The Kier molecular flexibility index (Phi) is 2.65. The van der Waals surface area contributed by atoms with E-state index in [1.54, 1.807) is 0 Å². The fourth-order valence-electron chi connectivity index (χ4n) is 0.890. The van der Waals surface area contributed by atoms with Crippen molar-refractivity contribution in [1.29, 1.82) is 0 Å². The van der Waals surface area contributed by atoms with Crippen molar-refractivity contribution in [2.45, 2.75) is 19.4 Å². The smallest absolute Gasteiger partial charge is 0.257 e. The first-order valence-electron chi connectivity index (χ1n) is 4.26. The molecule has 0 spiro atoms. The van der Waals surface area contributed by atoms with Crippen molar-refractivity contribution in [3.8, 4) is 0 Å². The molecule has 6 N–H and O–H groups in total. The summed E-state index contributed by atoms with van der Waals surface area (Å²) in [5, 5.41) is 8.45. The van der Waals surface area contributed by atoms with Gasteiger partial charge in [0.05, 0.1) is 6.20 Å². The molecule has 0 aliphatic carbocycles. The van der Waals surface area contributed by atoms with Crippen molar-refractivity contribution in [1.82, 2.24) is 15.5 Å². The Balaban J connectivity index is 2.81. The molecule has 0 bridgehead atoms. The van der Waals surface area contributed by atoms with Crippen molar-refractivity contribution in [3.05, 3.63) is 11.8 Å². The molecular weight excluding hydrogens is 198 g/mol. The van der Waals surface area contributed by atoms with Crippen LogP contribution in [0.5, 0.6) is 0 Å². The molecule has 0 aliphatic heterocycles. The number of rotatable bonds is 3. The predicted octanol–water partition coefficient (Wildman–Crippen LogP) is -1.01. The molecule has 0 fully saturated rings. The molecule has 15 heavy (non-hydrogen) atoms. The summed E-state index contributed by atoms with van der Waals surface area (Å²) in [4.78, 5) is 22.6. The highest BCUT2D eigenvalue weighted by molar-refractivity contribution is 6.01. The van der Waals surface area contributed by atoms with Crippen molar-refractivity contribution in [2.75, 3.05) is 5.73 Å². The lowest BCUT2D eigenvalue weighted by Crippen LogP contribution is -2.53. The first-order chi connectivity index (χ1) is 6.84. The number of hydrogen-bond acceptors (Lipinski definition) is 4. The highest BCUT2D eigenvalue weighted by Gasteiger charge is 2.28. The minimum absolute atomic E-state index is 0.146. The van der Waals surface area contributed by atoms with Gasteiger partial charge in [0.1, 0.15) is 16.9 Å². The first kappa shape index (κ1) is 11.0. The third-order valence-corrected chi connectivity index (χ3v) is 1.96. The highest BCUT2D eigenvalue weighted by Crippen LogP contribution is 2.08. The molecule has 82 valence electrons. The van der Waals surface area contributed by atoms with E-state index in [2.05, 4.69) is 15.5 Å². The number of carbonyl (C=O) groups is 2. The summed E-state index contributed by atoms with van der Waals surface area (Å²) in [6.07, 6.45) is 1.28. The minimum atomic E-state index is -1.12. The molecule has 0 aliphatic rings. The summed E-state index contributed by atoms with van der Waals surface area (Å²) in [5.74, 6) is -0.976. The Morgan fingerprint density at radius 1 is 1.53 bits per heavy atom. The molecule has 0 atom stereocenters. The second-order valence-corrected chi connectivity index (χ2v) is 3.64. The van der Waals surface area contributed by atoms with E-state index in [1.807, 2.05) is 0 Å². The van der Waals surface area contributed by atoms with E-state index in [4.69, 9.17) is 11.5 Å². The summed E-state index contributed by atoms with van der Waals surface area (Å²) in [6, 6.07) is 0. The van der Waals surface area contributed by atoms with Crippen LogP contribution in [0.2, 0.25) is 0 Å². The van der Waals surface area contributed by atoms with Gasteiger partial charge < -0.3 is 16.8 Å². The second kappa shape index (κ2) is 3.60. The number of nitrogens with zero attached hydrogens (tertiary/aromatic N) is 1. The molecule has 0 aromatic carbocycles. The van der Waals surface area contributed by atoms with Crippen LogP contribution in [0.4, 0.5) is 5.82 Å². The zero-order valence-corrected chi connectivity index (χ0v) is 8.50. The number of carbonyl (C=O) groups excluding carboxylic acids is 2. The average molecular weight is 211 g/mol.